The average Bonchev–Trinajstić information content (AvgIpc) is 2.94. The topological polar surface area (TPSA) is 90.9 Å². The highest BCUT2D eigenvalue weighted by molar-refractivity contribution is 14.0. The molecular formula is C15H31IN4O3S. The number of carbonyl (C=O) groups excluding carboxylic acids is 1. The summed E-state index contributed by atoms with van der Waals surface area (Å²) in [6.45, 7) is 9.77. The molecule has 0 radical (unpaired) electrons. The van der Waals surface area contributed by atoms with Gasteiger partial charge in [0.15, 0.2) is 15.8 Å². The molecule has 0 aromatic carbocycles. The first kappa shape index (κ1) is 23.4. The summed E-state index contributed by atoms with van der Waals surface area (Å²) in [4.78, 5) is 18.2. The van der Waals surface area contributed by atoms with Crippen molar-refractivity contribution in [1.29, 1.82) is 0 Å². The lowest BCUT2D eigenvalue weighted by Gasteiger charge is -2.20. The van der Waals surface area contributed by atoms with E-state index in [9.17, 15) is 13.2 Å². The van der Waals surface area contributed by atoms with Crippen LogP contribution in [0, 0.1) is 5.92 Å². The normalized spacial score (nSPS) is 18.5. The number of sulfone groups is 1. The van der Waals surface area contributed by atoms with Crippen molar-refractivity contribution in [3.63, 3.8) is 0 Å². The van der Waals surface area contributed by atoms with Gasteiger partial charge >= 0.3 is 0 Å². The highest BCUT2D eigenvalue weighted by Gasteiger charge is 2.27. The number of guanidine groups is 1. The van der Waals surface area contributed by atoms with Crippen LogP contribution < -0.4 is 10.6 Å². The molecule has 1 rings (SSSR count). The highest BCUT2D eigenvalue weighted by Crippen LogP contribution is 2.12. The van der Waals surface area contributed by atoms with Gasteiger partial charge in [-0.2, -0.15) is 0 Å². The Bertz CT molecular complexity index is 523. The Morgan fingerprint density at radius 1 is 1.33 bits per heavy atom. The second kappa shape index (κ2) is 11.1. The lowest BCUT2D eigenvalue weighted by molar-refractivity contribution is -0.133. The third kappa shape index (κ3) is 8.00. The Morgan fingerprint density at radius 3 is 2.54 bits per heavy atom. The summed E-state index contributed by atoms with van der Waals surface area (Å²) < 4.78 is 23.0. The molecule has 1 amide bonds. The fourth-order valence-electron chi connectivity index (χ4n) is 2.40. The zero-order valence-corrected chi connectivity index (χ0v) is 18.2. The zero-order valence-electron chi connectivity index (χ0n) is 15.0. The van der Waals surface area contributed by atoms with Gasteiger partial charge in [-0.1, -0.05) is 20.8 Å². The number of carbonyl (C=O) groups is 1. The first-order chi connectivity index (χ1) is 10.8. The number of hydrogen-bond donors (Lipinski definition) is 2. The first-order valence-corrected chi connectivity index (χ1v) is 10.1. The number of nitrogens with one attached hydrogen (secondary N) is 2. The van der Waals surface area contributed by atoms with Crippen LogP contribution in [0.1, 0.15) is 34.1 Å². The molecule has 1 heterocycles. The molecule has 0 aromatic heterocycles. The van der Waals surface area contributed by atoms with Gasteiger partial charge in [-0.25, -0.2) is 8.42 Å². The van der Waals surface area contributed by atoms with Gasteiger partial charge in [-0.05, 0) is 13.3 Å². The van der Waals surface area contributed by atoms with Crippen molar-refractivity contribution in [1.82, 2.24) is 15.5 Å². The van der Waals surface area contributed by atoms with Crippen LogP contribution in [-0.2, 0) is 14.6 Å². The third-order valence-corrected chi connectivity index (χ3v) is 5.48. The van der Waals surface area contributed by atoms with E-state index in [0.29, 0.717) is 19.0 Å². The molecule has 0 aliphatic carbocycles. The average molecular weight is 474 g/mol. The van der Waals surface area contributed by atoms with Gasteiger partial charge in [0.2, 0.25) is 5.91 Å². The van der Waals surface area contributed by atoms with Crippen LogP contribution in [0.2, 0.25) is 0 Å². The zero-order chi connectivity index (χ0) is 17.5. The Balaban J connectivity index is 0.00000529. The van der Waals surface area contributed by atoms with Gasteiger partial charge in [0, 0.05) is 37.3 Å². The summed E-state index contributed by atoms with van der Waals surface area (Å²) in [5, 5.41) is 6.42. The monoisotopic (exact) mass is 474 g/mol. The van der Waals surface area contributed by atoms with Crippen LogP contribution in [0.4, 0.5) is 0 Å². The molecule has 7 nitrogen and oxygen atoms in total. The molecule has 142 valence electrons. The molecule has 1 fully saturated rings. The Kier molecular flexibility index (Phi) is 10.8. The van der Waals surface area contributed by atoms with Crippen molar-refractivity contribution < 1.29 is 13.2 Å². The number of amides is 1. The fourth-order valence-corrected chi connectivity index (χ4v) is 3.06. The van der Waals surface area contributed by atoms with Crippen molar-refractivity contribution in [3.05, 3.63) is 0 Å². The van der Waals surface area contributed by atoms with Gasteiger partial charge in [0.05, 0.1) is 12.3 Å². The van der Waals surface area contributed by atoms with E-state index in [-0.39, 0.29) is 59.9 Å². The van der Waals surface area contributed by atoms with Crippen LogP contribution >= 0.6 is 24.0 Å². The maximum atomic E-state index is 12.0. The number of halogens is 1. The number of likely N-dealkylation sites (tertiary alicyclic amines) is 1. The summed E-state index contributed by atoms with van der Waals surface area (Å²) in [6.07, 6.45) is 0.871. The second-order valence-electron chi connectivity index (χ2n) is 6.07. The Morgan fingerprint density at radius 2 is 2.00 bits per heavy atom. The predicted molar refractivity (Wildman–Crippen MR) is 109 cm³/mol. The quantitative estimate of drug-likeness (QED) is 0.325. The van der Waals surface area contributed by atoms with E-state index in [2.05, 4.69) is 15.6 Å². The number of aliphatic imine (C=N–C) groups is 1. The number of hydrogen-bond acceptors (Lipinski definition) is 4. The summed E-state index contributed by atoms with van der Waals surface area (Å²) in [5.41, 5.74) is 0. The molecule has 1 unspecified atom stereocenters. The van der Waals surface area contributed by atoms with Gasteiger partial charge in [0.25, 0.3) is 0 Å². The summed E-state index contributed by atoms with van der Waals surface area (Å²) in [6, 6.07) is 0.151. The molecule has 0 aromatic rings. The van der Waals surface area contributed by atoms with E-state index >= 15 is 0 Å². The van der Waals surface area contributed by atoms with E-state index in [1.165, 1.54) is 0 Å². The summed E-state index contributed by atoms with van der Waals surface area (Å²) in [5.74, 6) is 0.993. The summed E-state index contributed by atoms with van der Waals surface area (Å²) >= 11 is 0. The van der Waals surface area contributed by atoms with Crippen molar-refractivity contribution >= 4 is 45.7 Å². The lowest BCUT2D eigenvalue weighted by atomic mass is 10.2. The van der Waals surface area contributed by atoms with Crippen LogP contribution in [0.5, 0.6) is 0 Å². The van der Waals surface area contributed by atoms with Crippen molar-refractivity contribution in [2.75, 3.05) is 37.7 Å². The van der Waals surface area contributed by atoms with E-state index in [0.717, 1.165) is 13.0 Å². The smallest absolute Gasteiger partial charge is 0.225 e. The third-order valence-electron chi connectivity index (χ3n) is 3.79. The second-order valence-corrected chi connectivity index (χ2v) is 8.54. The number of nitrogens with zero attached hydrogens (tertiary/aromatic N) is 2. The predicted octanol–water partition coefficient (Wildman–Crippen LogP) is 0.851. The maximum Gasteiger partial charge on any atom is 0.225 e. The van der Waals surface area contributed by atoms with E-state index < -0.39 is 9.84 Å². The Labute approximate surface area is 163 Å². The molecule has 1 aliphatic rings. The van der Waals surface area contributed by atoms with E-state index in [4.69, 9.17) is 0 Å². The van der Waals surface area contributed by atoms with Gasteiger partial charge in [-0.3, -0.25) is 9.79 Å². The van der Waals surface area contributed by atoms with Crippen molar-refractivity contribution in [2.45, 2.75) is 40.2 Å². The minimum Gasteiger partial charge on any atom is -0.357 e. The van der Waals surface area contributed by atoms with Gasteiger partial charge < -0.3 is 15.5 Å². The molecule has 1 aliphatic heterocycles. The van der Waals surface area contributed by atoms with Gasteiger partial charge in [0.1, 0.15) is 0 Å². The van der Waals surface area contributed by atoms with Crippen molar-refractivity contribution in [2.24, 2.45) is 10.9 Å². The molecular weight excluding hydrogens is 443 g/mol. The van der Waals surface area contributed by atoms with Gasteiger partial charge in [-0.15, -0.1) is 24.0 Å². The molecule has 0 saturated carbocycles. The highest BCUT2D eigenvalue weighted by atomic mass is 127. The lowest BCUT2D eigenvalue weighted by Crippen LogP contribution is -2.45. The Hall–Kier alpha value is -0.580. The molecule has 9 heteroatoms. The standard InChI is InChI=1S/C15H30N4O3S.HI/c1-5-16-15(17-8-10-23(21,22)6-2)18-13-7-9-19(11-13)14(20)12(3)4;/h12-13H,5-11H2,1-4H3,(H2,16,17,18);1H. The molecule has 2 N–H and O–H groups in total. The van der Waals surface area contributed by atoms with Crippen molar-refractivity contribution in [3.8, 4) is 0 Å². The summed E-state index contributed by atoms with van der Waals surface area (Å²) in [7, 11) is -3.00. The minimum atomic E-state index is -3.00. The fraction of sp³-hybridized carbons (Fsp3) is 0.867. The number of rotatable bonds is 7. The molecule has 24 heavy (non-hydrogen) atoms. The molecule has 1 saturated heterocycles. The minimum absolute atomic E-state index is 0. The maximum absolute atomic E-state index is 12.0. The van der Waals surface area contributed by atoms with E-state index in [1.54, 1.807) is 6.92 Å². The largest absolute Gasteiger partial charge is 0.357 e. The van der Waals surface area contributed by atoms with Crippen LogP contribution in [0.15, 0.2) is 4.99 Å². The molecule has 0 bridgehead atoms. The van der Waals surface area contributed by atoms with E-state index in [1.807, 2.05) is 25.7 Å². The molecule has 0 spiro atoms. The SMILES string of the molecule is CCNC(=NCCS(=O)(=O)CC)NC1CCN(C(=O)C(C)C)C1.I. The van der Waals surface area contributed by atoms with Crippen LogP contribution in [0.25, 0.3) is 0 Å². The first-order valence-electron chi connectivity index (χ1n) is 8.33. The van der Waals surface area contributed by atoms with Crippen LogP contribution in [-0.4, -0.2) is 68.9 Å². The van der Waals surface area contributed by atoms with Crippen LogP contribution in [0.3, 0.4) is 0 Å². The molecule has 1 atom stereocenters.